The van der Waals surface area contributed by atoms with Crippen molar-refractivity contribution < 1.29 is 13.6 Å². The van der Waals surface area contributed by atoms with E-state index in [0.717, 1.165) is 24.6 Å². The van der Waals surface area contributed by atoms with Gasteiger partial charge in [-0.2, -0.15) is 5.26 Å². The highest BCUT2D eigenvalue weighted by Gasteiger charge is 2.33. The zero-order chi connectivity index (χ0) is 25.1. The van der Waals surface area contributed by atoms with E-state index in [1.54, 1.807) is 25.1 Å². The van der Waals surface area contributed by atoms with Crippen LogP contribution >= 0.6 is 11.6 Å². The molecule has 0 spiro atoms. The highest BCUT2D eigenvalue weighted by atomic mass is 35.5. The van der Waals surface area contributed by atoms with Crippen molar-refractivity contribution >= 4 is 17.5 Å². The molecule has 3 nitrogen and oxygen atoms in total. The van der Waals surface area contributed by atoms with Gasteiger partial charge in [-0.15, -0.1) is 0 Å². The Morgan fingerprint density at radius 2 is 1.85 bits per heavy atom. The minimum absolute atomic E-state index is 0.348. The number of carbonyl (C=O) groups excluding carboxylic acids is 1. The second kappa shape index (κ2) is 14.0. The van der Waals surface area contributed by atoms with Gasteiger partial charge in [0.05, 0.1) is 10.6 Å². The summed E-state index contributed by atoms with van der Waals surface area (Å²) in [5, 5.41) is 9.00. The number of amides is 1. The van der Waals surface area contributed by atoms with Crippen molar-refractivity contribution in [1.82, 2.24) is 4.90 Å². The number of nitrogens with zero attached hydrogens (tertiary/aromatic N) is 2. The van der Waals surface area contributed by atoms with Crippen molar-refractivity contribution in [2.24, 2.45) is 11.8 Å². The predicted octanol–water partition coefficient (Wildman–Crippen LogP) is 7.34. The van der Waals surface area contributed by atoms with Gasteiger partial charge in [0.15, 0.2) is 11.6 Å². The lowest BCUT2D eigenvalue weighted by molar-refractivity contribution is -0.129. The number of hydrogen-bond acceptors (Lipinski definition) is 2. The van der Waals surface area contributed by atoms with Crippen LogP contribution in [0.15, 0.2) is 36.4 Å². The Morgan fingerprint density at radius 1 is 1.18 bits per heavy atom. The summed E-state index contributed by atoms with van der Waals surface area (Å²) in [5.41, 5.74) is 2.04. The normalized spacial score (nSPS) is 15.8. The van der Waals surface area contributed by atoms with Crippen LogP contribution in [0.25, 0.3) is 0 Å². The molecular formula is C27H35ClF2N2O. The minimum Gasteiger partial charge on any atom is -0.340 e. The van der Waals surface area contributed by atoms with Gasteiger partial charge in [-0.3, -0.25) is 4.79 Å². The Hall–Kier alpha value is -2.45. The fourth-order valence-electron chi connectivity index (χ4n) is 3.51. The van der Waals surface area contributed by atoms with Gasteiger partial charge in [0.1, 0.15) is 6.07 Å². The van der Waals surface area contributed by atoms with E-state index in [0.29, 0.717) is 46.4 Å². The summed E-state index contributed by atoms with van der Waals surface area (Å²) in [5.74, 6) is 0.150. The van der Waals surface area contributed by atoms with Crippen molar-refractivity contribution in [1.29, 1.82) is 5.26 Å². The summed E-state index contributed by atoms with van der Waals surface area (Å²) in [6.07, 6.45) is 2.49. The van der Waals surface area contributed by atoms with E-state index >= 15 is 0 Å². The van der Waals surface area contributed by atoms with Crippen molar-refractivity contribution in [2.45, 2.75) is 66.8 Å². The van der Waals surface area contributed by atoms with Crippen LogP contribution in [0.1, 0.15) is 64.2 Å². The van der Waals surface area contributed by atoms with Crippen LogP contribution in [-0.4, -0.2) is 23.4 Å². The molecular weight excluding hydrogens is 442 g/mol. The first kappa shape index (κ1) is 28.6. The lowest BCUT2D eigenvalue weighted by atomic mass is 9.91. The molecule has 0 radical (unpaired) electrons. The van der Waals surface area contributed by atoms with Crippen molar-refractivity contribution in [3.63, 3.8) is 0 Å². The van der Waals surface area contributed by atoms with Crippen molar-refractivity contribution in [3.05, 3.63) is 69.7 Å². The van der Waals surface area contributed by atoms with E-state index in [1.807, 2.05) is 24.0 Å². The summed E-state index contributed by atoms with van der Waals surface area (Å²) in [4.78, 5) is 13.6. The molecule has 6 heteroatoms. The monoisotopic (exact) mass is 476 g/mol. The van der Waals surface area contributed by atoms with E-state index in [1.165, 1.54) is 12.5 Å². The van der Waals surface area contributed by atoms with Gasteiger partial charge in [0, 0.05) is 19.0 Å². The van der Waals surface area contributed by atoms with Gasteiger partial charge in [0.25, 0.3) is 0 Å². The molecule has 180 valence electrons. The van der Waals surface area contributed by atoms with Crippen molar-refractivity contribution in [3.8, 4) is 6.07 Å². The highest BCUT2D eigenvalue weighted by Crippen LogP contribution is 2.28. The molecule has 1 heterocycles. The SMILES string of the molecule is CCC(C)C1CC(=O)N(C(C)C)C1.CCc1cccc(F)c1F.Cc1ccc(C#N)c(Cl)c1. The maximum absolute atomic E-state index is 12.6. The maximum Gasteiger partial charge on any atom is 0.223 e. The molecule has 2 aromatic carbocycles. The summed E-state index contributed by atoms with van der Waals surface area (Å²) >= 11 is 5.71. The van der Waals surface area contributed by atoms with E-state index in [-0.39, 0.29) is 0 Å². The van der Waals surface area contributed by atoms with Crippen LogP contribution < -0.4 is 0 Å². The minimum atomic E-state index is -0.764. The van der Waals surface area contributed by atoms with Crippen LogP contribution in [0.2, 0.25) is 5.02 Å². The Labute approximate surface area is 202 Å². The number of halogens is 3. The highest BCUT2D eigenvalue weighted by molar-refractivity contribution is 6.31. The average Bonchev–Trinajstić information content (AvgIpc) is 3.18. The molecule has 2 atom stereocenters. The molecule has 0 N–H and O–H groups in total. The van der Waals surface area contributed by atoms with Gasteiger partial charge in [-0.25, -0.2) is 8.78 Å². The molecule has 2 unspecified atom stereocenters. The molecule has 0 aliphatic carbocycles. The third-order valence-corrected chi connectivity index (χ3v) is 6.23. The molecule has 1 amide bonds. The summed E-state index contributed by atoms with van der Waals surface area (Å²) in [6.45, 7) is 13.3. The molecule has 1 fully saturated rings. The predicted molar refractivity (Wildman–Crippen MR) is 131 cm³/mol. The van der Waals surface area contributed by atoms with E-state index in [4.69, 9.17) is 16.9 Å². The second-order valence-electron chi connectivity index (χ2n) is 8.65. The Morgan fingerprint density at radius 3 is 2.30 bits per heavy atom. The Balaban J connectivity index is 0.000000251. The Bertz CT molecular complexity index is 956. The smallest absolute Gasteiger partial charge is 0.223 e. The number of carbonyl (C=O) groups is 1. The van der Waals surface area contributed by atoms with Crippen LogP contribution in [0.5, 0.6) is 0 Å². The lowest BCUT2D eigenvalue weighted by Gasteiger charge is -2.22. The van der Waals surface area contributed by atoms with E-state index in [9.17, 15) is 13.6 Å². The Kier molecular flexibility index (Phi) is 12.1. The first-order valence-corrected chi connectivity index (χ1v) is 11.8. The summed E-state index contributed by atoms with van der Waals surface area (Å²) in [7, 11) is 0. The van der Waals surface area contributed by atoms with Crippen LogP contribution in [0, 0.1) is 41.7 Å². The molecule has 3 rings (SSSR count). The molecule has 1 saturated heterocycles. The number of nitriles is 1. The molecule has 0 bridgehead atoms. The number of likely N-dealkylation sites (tertiary alicyclic amines) is 1. The van der Waals surface area contributed by atoms with Crippen LogP contribution in [0.4, 0.5) is 8.78 Å². The fourth-order valence-corrected chi connectivity index (χ4v) is 3.78. The van der Waals surface area contributed by atoms with Gasteiger partial charge in [0.2, 0.25) is 5.91 Å². The average molecular weight is 477 g/mol. The maximum atomic E-state index is 12.6. The third kappa shape index (κ3) is 8.78. The molecule has 2 aromatic rings. The third-order valence-electron chi connectivity index (χ3n) is 5.92. The number of rotatable bonds is 4. The van der Waals surface area contributed by atoms with Crippen LogP contribution in [-0.2, 0) is 11.2 Å². The van der Waals surface area contributed by atoms with Gasteiger partial charge >= 0.3 is 0 Å². The van der Waals surface area contributed by atoms with Gasteiger partial charge in [-0.1, -0.05) is 57.0 Å². The van der Waals surface area contributed by atoms with E-state index < -0.39 is 11.6 Å². The topological polar surface area (TPSA) is 44.1 Å². The van der Waals surface area contributed by atoms with E-state index in [2.05, 4.69) is 27.7 Å². The molecule has 1 aliphatic heterocycles. The fraction of sp³-hybridized carbons (Fsp3) is 0.481. The number of hydrogen-bond donors (Lipinski definition) is 0. The van der Waals surface area contributed by atoms with Crippen molar-refractivity contribution in [2.75, 3.05) is 6.54 Å². The lowest BCUT2D eigenvalue weighted by Crippen LogP contribution is -2.32. The molecule has 0 saturated carbocycles. The largest absolute Gasteiger partial charge is 0.340 e. The molecule has 0 aromatic heterocycles. The summed E-state index contributed by atoms with van der Waals surface area (Å²) in [6, 6.07) is 11.9. The quantitative estimate of drug-likeness (QED) is 0.463. The first-order chi connectivity index (χ1) is 15.5. The number of aryl methyl sites for hydroxylation is 2. The molecule has 1 aliphatic rings. The first-order valence-electron chi connectivity index (χ1n) is 11.4. The zero-order valence-electron chi connectivity index (χ0n) is 20.5. The van der Waals surface area contributed by atoms with Crippen LogP contribution in [0.3, 0.4) is 0 Å². The van der Waals surface area contributed by atoms with Gasteiger partial charge in [-0.05, 0) is 68.4 Å². The number of benzene rings is 2. The second-order valence-corrected chi connectivity index (χ2v) is 9.06. The molecule has 33 heavy (non-hydrogen) atoms. The standard InChI is InChI=1S/C11H21NO.C8H6ClN.C8H8F2/c1-5-9(4)10-6-11(13)12(7-10)8(2)3;1-6-2-3-7(5-10)8(9)4-6;1-2-6-4-3-5-7(9)8(6)10/h8-10H,5-7H2,1-4H3;2-4H,1H3;3-5H,2H2,1H3. The summed E-state index contributed by atoms with van der Waals surface area (Å²) < 4.78 is 25.0. The zero-order valence-corrected chi connectivity index (χ0v) is 21.2. The van der Waals surface area contributed by atoms with Gasteiger partial charge < -0.3 is 4.90 Å².